The third-order valence-corrected chi connectivity index (χ3v) is 5.33. The van der Waals surface area contributed by atoms with Crippen molar-refractivity contribution in [3.63, 3.8) is 0 Å². The zero-order chi connectivity index (χ0) is 22.1. The number of carbonyl (C=O) groups excluding carboxylic acids is 1. The summed E-state index contributed by atoms with van der Waals surface area (Å²) in [5.41, 5.74) is 1.75. The van der Waals surface area contributed by atoms with Gasteiger partial charge in [-0.25, -0.2) is 4.98 Å². The molecule has 0 aliphatic carbocycles. The highest BCUT2D eigenvalue weighted by Crippen LogP contribution is 2.32. The number of rotatable bonds is 4. The molecule has 0 spiro atoms. The number of anilines is 1. The Bertz CT molecular complexity index is 1400. The van der Waals surface area contributed by atoms with Gasteiger partial charge in [-0.2, -0.15) is 5.26 Å². The molecule has 1 amide bonds. The molecule has 154 valence electrons. The third kappa shape index (κ3) is 3.69. The van der Waals surface area contributed by atoms with Crippen LogP contribution in [0.3, 0.4) is 0 Å². The van der Waals surface area contributed by atoms with Gasteiger partial charge in [-0.05, 0) is 30.2 Å². The standard InChI is InChI=1S/C23H17ClN4O3/c1-13-19(20-22(31-13)26-12-28(2)23(20)30)21(29)27-15-8-9-16(18(24)10-15)17(11-25)14-6-4-3-5-7-14/h3-10,12,17H,1-2H3,(H,27,29). The van der Waals surface area contributed by atoms with E-state index in [1.54, 1.807) is 32.2 Å². The fourth-order valence-electron chi connectivity index (χ4n) is 3.46. The Morgan fingerprint density at radius 1 is 1.26 bits per heavy atom. The van der Waals surface area contributed by atoms with E-state index in [0.717, 1.165) is 5.56 Å². The molecule has 7 nitrogen and oxygen atoms in total. The van der Waals surface area contributed by atoms with Crippen LogP contribution in [-0.4, -0.2) is 15.5 Å². The average molecular weight is 433 g/mol. The van der Waals surface area contributed by atoms with Crippen LogP contribution in [0.25, 0.3) is 11.1 Å². The highest BCUT2D eigenvalue weighted by Gasteiger charge is 2.23. The van der Waals surface area contributed by atoms with Crippen LogP contribution in [0.4, 0.5) is 5.69 Å². The normalized spacial score (nSPS) is 11.8. The van der Waals surface area contributed by atoms with Crippen LogP contribution in [0, 0.1) is 18.3 Å². The van der Waals surface area contributed by atoms with Gasteiger partial charge in [-0.3, -0.25) is 9.59 Å². The van der Waals surface area contributed by atoms with Crippen molar-refractivity contribution in [2.45, 2.75) is 12.8 Å². The van der Waals surface area contributed by atoms with E-state index < -0.39 is 11.8 Å². The molecular weight excluding hydrogens is 416 g/mol. The van der Waals surface area contributed by atoms with E-state index in [1.807, 2.05) is 30.3 Å². The summed E-state index contributed by atoms with van der Waals surface area (Å²) in [5.74, 6) is -0.752. The first kappa shape index (κ1) is 20.4. The Kier molecular flexibility index (Phi) is 5.32. The van der Waals surface area contributed by atoms with E-state index in [-0.39, 0.29) is 22.2 Å². The lowest BCUT2D eigenvalue weighted by Gasteiger charge is -2.13. The topological polar surface area (TPSA) is 101 Å². The summed E-state index contributed by atoms with van der Waals surface area (Å²) in [5, 5.41) is 12.9. The molecule has 1 atom stereocenters. The van der Waals surface area contributed by atoms with E-state index >= 15 is 0 Å². The lowest BCUT2D eigenvalue weighted by molar-refractivity contribution is 0.102. The van der Waals surface area contributed by atoms with Gasteiger partial charge in [0.1, 0.15) is 17.5 Å². The molecule has 4 aromatic rings. The zero-order valence-electron chi connectivity index (χ0n) is 16.7. The molecule has 0 fully saturated rings. The SMILES string of the molecule is Cc1oc2ncn(C)c(=O)c2c1C(=O)Nc1ccc(C(C#N)c2ccccc2)c(Cl)c1. The first-order chi connectivity index (χ1) is 14.9. The van der Waals surface area contributed by atoms with Gasteiger partial charge in [0.25, 0.3) is 11.5 Å². The Labute approximate surface area is 182 Å². The molecule has 1 N–H and O–H groups in total. The second-order valence-corrected chi connectivity index (χ2v) is 7.44. The third-order valence-electron chi connectivity index (χ3n) is 5.01. The molecule has 2 aromatic carbocycles. The fraction of sp³-hybridized carbons (Fsp3) is 0.130. The van der Waals surface area contributed by atoms with Crippen LogP contribution in [0.5, 0.6) is 0 Å². The molecule has 1 unspecified atom stereocenters. The van der Waals surface area contributed by atoms with Crippen molar-refractivity contribution in [1.29, 1.82) is 5.26 Å². The summed E-state index contributed by atoms with van der Waals surface area (Å²) in [6, 6.07) is 16.5. The van der Waals surface area contributed by atoms with E-state index in [2.05, 4.69) is 16.4 Å². The molecule has 31 heavy (non-hydrogen) atoms. The first-order valence-corrected chi connectivity index (χ1v) is 9.78. The number of furan rings is 1. The molecule has 0 saturated carbocycles. The molecule has 2 aromatic heterocycles. The predicted molar refractivity (Wildman–Crippen MR) is 117 cm³/mol. The Balaban J connectivity index is 1.67. The van der Waals surface area contributed by atoms with Gasteiger partial charge >= 0.3 is 0 Å². The van der Waals surface area contributed by atoms with Gasteiger partial charge in [-0.15, -0.1) is 0 Å². The number of hydrogen-bond donors (Lipinski definition) is 1. The van der Waals surface area contributed by atoms with Gasteiger partial charge in [0.15, 0.2) is 0 Å². The van der Waals surface area contributed by atoms with Gasteiger partial charge in [0.05, 0.1) is 17.6 Å². The largest absolute Gasteiger partial charge is 0.442 e. The van der Waals surface area contributed by atoms with Crippen LogP contribution < -0.4 is 10.9 Å². The second-order valence-electron chi connectivity index (χ2n) is 7.04. The predicted octanol–water partition coefficient (Wildman–Crippen LogP) is 4.40. The van der Waals surface area contributed by atoms with Crippen molar-refractivity contribution in [1.82, 2.24) is 9.55 Å². The number of fused-ring (bicyclic) bond motifs is 1. The van der Waals surface area contributed by atoms with Crippen molar-refractivity contribution in [2.75, 3.05) is 5.32 Å². The minimum Gasteiger partial charge on any atom is -0.442 e. The maximum Gasteiger partial charge on any atom is 0.265 e. The van der Waals surface area contributed by atoms with E-state index in [1.165, 1.54) is 10.9 Å². The number of aryl methyl sites for hydroxylation is 2. The van der Waals surface area contributed by atoms with Crippen LogP contribution in [-0.2, 0) is 7.05 Å². The number of nitrogens with zero attached hydrogens (tertiary/aromatic N) is 3. The van der Waals surface area contributed by atoms with E-state index in [0.29, 0.717) is 22.0 Å². The monoisotopic (exact) mass is 432 g/mol. The summed E-state index contributed by atoms with van der Waals surface area (Å²) >= 11 is 6.45. The van der Waals surface area contributed by atoms with Crippen LogP contribution in [0.1, 0.15) is 33.2 Å². The van der Waals surface area contributed by atoms with Crippen molar-refractivity contribution < 1.29 is 9.21 Å². The van der Waals surface area contributed by atoms with Gasteiger partial charge < -0.3 is 14.3 Å². The highest BCUT2D eigenvalue weighted by atomic mass is 35.5. The van der Waals surface area contributed by atoms with Gasteiger partial charge in [0, 0.05) is 17.8 Å². The molecule has 4 rings (SSSR count). The number of halogens is 1. The number of nitriles is 1. The summed E-state index contributed by atoms with van der Waals surface area (Å²) in [7, 11) is 1.55. The molecule has 0 aliphatic heterocycles. The quantitative estimate of drug-likeness (QED) is 0.515. The van der Waals surface area contributed by atoms with E-state index in [4.69, 9.17) is 16.0 Å². The van der Waals surface area contributed by atoms with Gasteiger partial charge in [0.2, 0.25) is 5.71 Å². The molecule has 0 aliphatic rings. The number of hydrogen-bond acceptors (Lipinski definition) is 5. The first-order valence-electron chi connectivity index (χ1n) is 9.40. The van der Waals surface area contributed by atoms with Crippen LogP contribution in [0.2, 0.25) is 5.02 Å². The molecule has 0 bridgehead atoms. The molecule has 0 saturated heterocycles. The summed E-state index contributed by atoms with van der Waals surface area (Å²) < 4.78 is 6.77. The van der Waals surface area contributed by atoms with Crippen molar-refractivity contribution in [3.8, 4) is 6.07 Å². The molecule has 0 radical (unpaired) electrons. The molecular formula is C23H17ClN4O3. The summed E-state index contributed by atoms with van der Waals surface area (Å²) in [6.07, 6.45) is 1.34. The zero-order valence-corrected chi connectivity index (χ0v) is 17.5. The molecule has 2 heterocycles. The summed E-state index contributed by atoms with van der Waals surface area (Å²) in [4.78, 5) is 29.5. The summed E-state index contributed by atoms with van der Waals surface area (Å²) in [6.45, 7) is 1.60. The highest BCUT2D eigenvalue weighted by molar-refractivity contribution is 6.32. The number of carbonyl (C=O) groups is 1. The van der Waals surface area contributed by atoms with Crippen molar-refractivity contribution >= 4 is 34.3 Å². The fourth-order valence-corrected chi connectivity index (χ4v) is 3.75. The lowest BCUT2D eigenvalue weighted by Crippen LogP contribution is -2.20. The second kappa shape index (κ2) is 8.09. The van der Waals surface area contributed by atoms with Crippen LogP contribution in [0.15, 0.2) is 64.1 Å². The Morgan fingerprint density at radius 3 is 2.68 bits per heavy atom. The average Bonchev–Trinajstić information content (AvgIpc) is 3.10. The number of amides is 1. The van der Waals surface area contributed by atoms with Gasteiger partial charge in [-0.1, -0.05) is 48.0 Å². The number of nitrogens with one attached hydrogen (secondary N) is 1. The van der Waals surface area contributed by atoms with Crippen molar-refractivity contribution in [2.24, 2.45) is 7.05 Å². The Morgan fingerprint density at radius 2 is 2.00 bits per heavy atom. The van der Waals surface area contributed by atoms with E-state index in [9.17, 15) is 14.9 Å². The maximum absolute atomic E-state index is 12.9. The Hall–Kier alpha value is -3.89. The number of aromatic nitrogens is 2. The lowest BCUT2D eigenvalue weighted by atomic mass is 9.92. The van der Waals surface area contributed by atoms with Crippen molar-refractivity contribution in [3.05, 3.63) is 92.7 Å². The van der Waals surface area contributed by atoms with Crippen LogP contribution >= 0.6 is 11.6 Å². The minimum atomic E-state index is -0.535. The maximum atomic E-state index is 12.9. The smallest absolute Gasteiger partial charge is 0.265 e. The molecule has 8 heteroatoms. The minimum absolute atomic E-state index is 0.110. The number of benzene rings is 2.